The van der Waals surface area contributed by atoms with Crippen LogP contribution < -0.4 is 0 Å². The number of aliphatic hydroxyl groups is 1. The maximum atomic E-state index is 10.7. The van der Waals surface area contributed by atoms with Crippen molar-refractivity contribution in [2.24, 2.45) is 0 Å². The van der Waals surface area contributed by atoms with Gasteiger partial charge in [-0.3, -0.25) is 0 Å². The Morgan fingerprint density at radius 1 is 1.54 bits per heavy atom. The second-order valence-electron chi connectivity index (χ2n) is 2.56. The van der Waals surface area contributed by atoms with Gasteiger partial charge in [-0.15, -0.1) is 0 Å². The van der Waals surface area contributed by atoms with E-state index in [-0.39, 0.29) is 0 Å². The number of rotatable bonds is 5. The van der Waals surface area contributed by atoms with Crippen molar-refractivity contribution in [3.05, 3.63) is 12.2 Å². The van der Waals surface area contributed by atoms with Crippen molar-refractivity contribution in [1.82, 2.24) is 0 Å². The number of methoxy groups -OCH3 is 2. The molecule has 0 aromatic heterocycles. The lowest BCUT2D eigenvalue weighted by atomic mass is 10.1. The molecular formula is C9H16O4. The molecule has 0 aromatic rings. The molecule has 2 atom stereocenters. The van der Waals surface area contributed by atoms with E-state index in [2.05, 4.69) is 4.74 Å². The summed E-state index contributed by atoms with van der Waals surface area (Å²) in [6, 6.07) is 0. The van der Waals surface area contributed by atoms with Gasteiger partial charge in [0.2, 0.25) is 0 Å². The minimum absolute atomic E-state index is 0.453. The van der Waals surface area contributed by atoms with Gasteiger partial charge in [-0.05, 0) is 12.5 Å². The van der Waals surface area contributed by atoms with E-state index >= 15 is 0 Å². The first-order valence-corrected chi connectivity index (χ1v) is 4.12. The summed E-state index contributed by atoms with van der Waals surface area (Å²) in [6.07, 6.45) is 2.26. The van der Waals surface area contributed by atoms with Crippen LogP contribution in [0.5, 0.6) is 0 Å². The molecule has 1 N–H and O–H groups in total. The third-order valence-electron chi connectivity index (χ3n) is 1.69. The second kappa shape index (κ2) is 6.62. The van der Waals surface area contributed by atoms with Gasteiger partial charge in [-0.25, -0.2) is 4.79 Å². The van der Waals surface area contributed by atoms with E-state index in [1.807, 2.05) is 6.92 Å². The van der Waals surface area contributed by atoms with Crippen molar-refractivity contribution >= 4 is 5.97 Å². The van der Waals surface area contributed by atoms with E-state index < -0.39 is 18.2 Å². The van der Waals surface area contributed by atoms with Crippen LogP contribution in [0.3, 0.4) is 0 Å². The molecule has 4 nitrogen and oxygen atoms in total. The molecule has 13 heavy (non-hydrogen) atoms. The van der Waals surface area contributed by atoms with Crippen LogP contribution in [0, 0.1) is 0 Å². The molecule has 0 fully saturated rings. The van der Waals surface area contributed by atoms with Crippen molar-refractivity contribution < 1.29 is 19.4 Å². The SMILES string of the molecule is CC[C@@H](O)C(/C=C/C(=O)OC)OC. The lowest BCUT2D eigenvalue weighted by molar-refractivity contribution is -0.134. The number of esters is 1. The minimum Gasteiger partial charge on any atom is -0.466 e. The maximum Gasteiger partial charge on any atom is 0.330 e. The molecule has 0 aliphatic rings. The fraction of sp³-hybridized carbons (Fsp3) is 0.667. The summed E-state index contributed by atoms with van der Waals surface area (Å²) >= 11 is 0. The molecule has 0 aliphatic heterocycles. The van der Waals surface area contributed by atoms with Crippen LogP contribution >= 0.6 is 0 Å². The highest BCUT2D eigenvalue weighted by Crippen LogP contribution is 2.03. The first-order valence-electron chi connectivity index (χ1n) is 4.12. The highest BCUT2D eigenvalue weighted by molar-refractivity contribution is 5.81. The van der Waals surface area contributed by atoms with E-state index in [0.29, 0.717) is 6.42 Å². The van der Waals surface area contributed by atoms with Gasteiger partial charge in [-0.2, -0.15) is 0 Å². The summed E-state index contributed by atoms with van der Waals surface area (Å²) in [5, 5.41) is 9.37. The van der Waals surface area contributed by atoms with Crippen molar-refractivity contribution in [3.63, 3.8) is 0 Å². The van der Waals surface area contributed by atoms with Crippen molar-refractivity contribution in [2.75, 3.05) is 14.2 Å². The first-order chi connectivity index (χ1) is 6.15. The monoisotopic (exact) mass is 188 g/mol. The molecular weight excluding hydrogens is 172 g/mol. The molecule has 0 spiro atoms. The summed E-state index contributed by atoms with van der Waals surface area (Å²) in [5.41, 5.74) is 0. The Kier molecular flexibility index (Phi) is 6.18. The van der Waals surface area contributed by atoms with Crippen LogP contribution in [0.15, 0.2) is 12.2 Å². The maximum absolute atomic E-state index is 10.7. The normalized spacial score (nSPS) is 15.7. The average molecular weight is 188 g/mol. The van der Waals surface area contributed by atoms with E-state index in [1.165, 1.54) is 26.4 Å². The lowest BCUT2D eigenvalue weighted by Gasteiger charge is -2.15. The third kappa shape index (κ3) is 4.65. The molecule has 0 saturated heterocycles. The summed E-state index contributed by atoms with van der Waals surface area (Å²) in [6.45, 7) is 1.84. The van der Waals surface area contributed by atoms with Gasteiger partial charge in [0.25, 0.3) is 0 Å². The van der Waals surface area contributed by atoms with Crippen LogP contribution in [0.4, 0.5) is 0 Å². The van der Waals surface area contributed by atoms with Crippen LogP contribution in [0.2, 0.25) is 0 Å². The number of ether oxygens (including phenoxy) is 2. The van der Waals surface area contributed by atoms with Crippen LogP contribution in [-0.4, -0.2) is 37.5 Å². The average Bonchev–Trinajstić information content (AvgIpc) is 2.17. The summed E-state index contributed by atoms with van der Waals surface area (Å²) in [5.74, 6) is -0.453. The quantitative estimate of drug-likeness (QED) is 0.504. The fourth-order valence-electron chi connectivity index (χ4n) is 0.838. The molecule has 0 rings (SSSR count). The molecule has 0 aliphatic carbocycles. The van der Waals surface area contributed by atoms with Crippen molar-refractivity contribution in [3.8, 4) is 0 Å². The van der Waals surface area contributed by atoms with Gasteiger partial charge in [0.1, 0.15) is 6.10 Å². The number of hydrogen-bond donors (Lipinski definition) is 1. The lowest BCUT2D eigenvalue weighted by Crippen LogP contribution is -2.25. The highest BCUT2D eigenvalue weighted by atomic mass is 16.5. The number of hydrogen-bond acceptors (Lipinski definition) is 4. The largest absolute Gasteiger partial charge is 0.466 e. The van der Waals surface area contributed by atoms with Crippen molar-refractivity contribution in [2.45, 2.75) is 25.6 Å². The zero-order valence-electron chi connectivity index (χ0n) is 8.19. The van der Waals surface area contributed by atoms with Gasteiger partial charge in [-0.1, -0.05) is 6.92 Å². The number of carbonyl (C=O) groups excluding carboxylic acids is 1. The van der Waals surface area contributed by atoms with E-state index in [1.54, 1.807) is 0 Å². The molecule has 0 radical (unpaired) electrons. The Morgan fingerprint density at radius 2 is 2.15 bits per heavy atom. The van der Waals surface area contributed by atoms with E-state index in [0.717, 1.165) is 0 Å². The summed E-state index contributed by atoms with van der Waals surface area (Å²) in [7, 11) is 2.77. The first kappa shape index (κ1) is 12.1. The predicted octanol–water partition coefficient (Wildman–Crippen LogP) is 0.501. The molecule has 0 heterocycles. The van der Waals surface area contributed by atoms with Crippen LogP contribution in [-0.2, 0) is 14.3 Å². The van der Waals surface area contributed by atoms with Gasteiger partial charge in [0, 0.05) is 13.2 Å². The highest BCUT2D eigenvalue weighted by Gasteiger charge is 2.13. The molecule has 4 heteroatoms. The van der Waals surface area contributed by atoms with Gasteiger partial charge in [0.15, 0.2) is 0 Å². The molecule has 0 bridgehead atoms. The number of carbonyl (C=O) groups is 1. The predicted molar refractivity (Wildman–Crippen MR) is 48.3 cm³/mol. The summed E-state index contributed by atoms with van der Waals surface area (Å²) in [4.78, 5) is 10.7. The summed E-state index contributed by atoms with van der Waals surface area (Å²) < 4.78 is 9.35. The molecule has 0 aromatic carbocycles. The molecule has 0 amide bonds. The topological polar surface area (TPSA) is 55.8 Å². The molecule has 76 valence electrons. The van der Waals surface area contributed by atoms with Crippen LogP contribution in [0.25, 0.3) is 0 Å². The Bertz CT molecular complexity index is 176. The van der Waals surface area contributed by atoms with Gasteiger partial charge < -0.3 is 14.6 Å². The molecule has 1 unspecified atom stereocenters. The minimum atomic E-state index is -0.592. The van der Waals surface area contributed by atoms with E-state index in [4.69, 9.17) is 4.74 Å². The zero-order chi connectivity index (χ0) is 10.3. The standard InChI is InChI=1S/C9H16O4/c1-4-7(10)8(12-2)5-6-9(11)13-3/h5-8,10H,4H2,1-3H3/b6-5+/t7-,8?/m1/s1. The Balaban J connectivity index is 4.11. The number of aliphatic hydroxyl groups excluding tert-OH is 1. The van der Waals surface area contributed by atoms with Crippen LogP contribution in [0.1, 0.15) is 13.3 Å². The molecule has 0 saturated carbocycles. The Morgan fingerprint density at radius 3 is 2.54 bits per heavy atom. The third-order valence-corrected chi connectivity index (χ3v) is 1.69. The smallest absolute Gasteiger partial charge is 0.330 e. The fourth-order valence-corrected chi connectivity index (χ4v) is 0.838. The Hall–Kier alpha value is -0.870. The van der Waals surface area contributed by atoms with Gasteiger partial charge >= 0.3 is 5.97 Å². The van der Waals surface area contributed by atoms with Gasteiger partial charge in [0.05, 0.1) is 13.2 Å². The Labute approximate surface area is 78.2 Å². The zero-order valence-corrected chi connectivity index (χ0v) is 8.19. The second-order valence-corrected chi connectivity index (χ2v) is 2.56. The van der Waals surface area contributed by atoms with Crippen molar-refractivity contribution in [1.29, 1.82) is 0 Å². The van der Waals surface area contributed by atoms with E-state index in [9.17, 15) is 9.90 Å².